The molecule has 22 heavy (non-hydrogen) atoms. The highest BCUT2D eigenvalue weighted by atomic mass is 16.1. The molecule has 0 aromatic rings. The minimum absolute atomic E-state index is 0.0507. The van der Waals surface area contributed by atoms with Crippen LogP contribution in [0, 0.1) is 58.2 Å². The molecular formula is C20H20O2. The molecule has 0 heterocycles. The SMILES string of the molecule is O=C1C2C(C(=O)C3C1C1C=CC3C13CC3)C1C=CC2C12CC2. The zero-order chi connectivity index (χ0) is 14.4. The maximum Gasteiger partial charge on any atom is 0.141 e. The van der Waals surface area contributed by atoms with E-state index in [0.717, 1.165) is 0 Å². The number of allylic oxidation sites excluding steroid dienone is 4. The molecule has 8 atom stereocenters. The molecule has 7 aliphatic rings. The van der Waals surface area contributed by atoms with Crippen LogP contribution >= 0.6 is 0 Å². The molecule has 4 bridgehead atoms. The molecule has 7 rings (SSSR count). The van der Waals surface area contributed by atoms with Gasteiger partial charge in [-0.2, -0.15) is 0 Å². The summed E-state index contributed by atoms with van der Waals surface area (Å²) in [5.41, 5.74) is 0.673. The Morgan fingerprint density at radius 1 is 0.591 bits per heavy atom. The molecule has 0 N–H and O–H groups in total. The lowest BCUT2D eigenvalue weighted by atomic mass is 9.60. The molecule has 0 radical (unpaired) electrons. The molecule has 2 spiro atoms. The van der Waals surface area contributed by atoms with Gasteiger partial charge in [-0.3, -0.25) is 9.59 Å². The zero-order valence-corrected chi connectivity index (χ0v) is 12.6. The highest BCUT2D eigenvalue weighted by molar-refractivity contribution is 6.03. The second kappa shape index (κ2) is 2.95. The number of carbonyl (C=O) groups excluding carboxylic acids is 2. The number of ketones is 2. The molecule has 7 aliphatic carbocycles. The van der Waals surface area contributed by atoms with Crippen molar-refractivity contribution in [3.05, 3.63) is 24.3 Å². The minimum Gasteiger partial charge on any atom is -0.299 e. The summed E-state index contributed by atoms with van der Waals surface area (Å²) in [6.07, 6.45) is 14.2. The van der Waals surface area contributed by atoms with Gasteiger partial charge in [0.1, 0.15) is 11.6 Å². The summed E-state index contributed by atoms with van der Waals surface area (Å²) < 4.78 is 0. The summed E-state index contributed by atoms with van der Waals surface area (Å²) in [6.45, 7) is 0. The minimum atomic E-state index is 0.0507. The zero-order valence-electron chi connectivity index (χ0n) is 12.6. The summed E-state index contributed by atoms with van der Waals surface area (Å²) in [6, 6.07) is 0. The molecule has 8 unspecified atom stereocenters. The number of hydrogen-bond acceptors (Lipinski definition) is 2. The quantitative estimate of drug-likeness (QED) is 0.643. The van der Waals surface area contributed by atoms with E-state index in [4.69, 9.17) is 0 Å². The Hall–Kier alpha value is -1.18. The first-order chi connectivity index (χ1) is 10.7. The highest BCUT2D eigenvalue weighted by Crippen LogP contribution is 2.78. The molecule has 5 fully saturated rings. The molecule has 5 saturated carbocycles. The van der Waals surface area contributed by atoms with E-state index in [9.17, 15) is 9.59 Å². The number of rotatable bonds is 0. The van der Waals surface area contributed by atoms with Crippen molar-refractivity contribution in [3.63, 3.8) is 0 Å². The molecule has 2 nitrogen and oxygen atoms in total. The fourth-order valence-electron chi connectivity index (χ4n) is 7.97. The molecule has 0 aliphatic heterocycles. The summed E-state index contributed by atoms with van der Waals surface area (Å²) in [4.78, 5) is 26.8. The fourth-order valence-corrected chi connectivity index (χ4v) is 7.97. The van der Waals surface area contributed by atoms with E-state index in [2.05, 4.69) is 24.3 Å². The van der Waals surface area contributed by atoms with Gasteiger partial charge in [-0.15, -0.1) is 0 Å². The van der Waals surface area contributed by atoms with E-state index in [1.54, 1.807) is 0 Å². The Morgan fingerprint density at radius 3 is 1.09 bits per heavy atom. The van der Waals surface area contributed by atoms with Crippen LogP contribution in [0.2, 0.25) is 0 Å². The van der Waals surface area contributed by atoms with E-state index in [1.165, 1.54) is 25.7 Å². The third-order valence-electron chi connectivity index (χ3n) is 9.00. The van der Waals surface area contributed by atoms with E-state index in [-0.39, 0.29) is 23.7 Å². The van der Waals surface area contributed by atoms with Gasteiger partial charge in [-0.25, -0.2) is 0 Å². The van der Waals surface area contributed by atoms with E-state index in [0.29, 0.717) is 46.1 Å². The summed E-state index contributed by atoms with van der Waals surface area (Å²) in [5, 5.41) is 0. The van der Waals surface area contributed by atoms with E-state index < -0.39 is 0 Å². The Labute approximate surface area is 130 Å². The second-order valence-corrected chi connectivity index (χ2v) is 9.25. The molecule has 112 valence electrons. The number of Topliss-reactive ketones (excluding diaryl/α,β-unsaturated/α-hetero) is 2. The van der Waals surface area contributed by atoms with E-state index in [1.807, 2.05) is 0 Å². The lowest BCUT2D eigenvalue weighted by Gasteiger charge is -2.40. The highest BCUT2D eigenvalue weighted by Gasteiger charge is 2.78. The largest absolute Gasteiger partial charge is 0.299 e. The van der Waals surface area contributed by atoms with Gasteiger partial charge in [0.2, 0.25) is 0 Å². The lowest BCUT2D eigenvalue weighted by Crippen LogP contribution is -2.50. The van der Waals surface area contributed by atoms with Crippen molar-refractivity contribution in [3.8, 4) is 0 Å². The molecule has 2 heteroatoms. The van der Waals surface area contributed by atoms with Gasteiger partial charge >= 0.3 is 0 Å². The van der Waals surface area contributed by atoms with Crippen molar-refractivity contribution in [1.82, 2.24) is 0 Å². The topological polar surface area (TPSA) is 34.1 Å². The molecule has 0 aromatic heterocycles. The van der Waals surface area contributed by atoms with Gasteiger partial charge in [-0.1, -0.05) is 24.3 Å². The average Bonchev–Trinajstić information content (AvgIpc) is 3.37. The first-order valence-electron chi connectivity index (χ1n) is 9.13. The third kappa shape index (κ3) is 0.871. The van der Waals surface area contributed by atoms with Crippen LogP contribution in [0.25, 0.3) is 0 Å². The standard InChI is InChI=1S/C20H20O2/c21-17-13-9-1-2-10(19(9)5-6-19)14(13)18(22)16-12-4-3-11(15(16)17)20(12)7-8-20/h1-4,9-16H,5-8H2. The predicted molar refractivity (Wildman–Crippen MR) is 79.5 cm³/mol. The van der Waals surface area contributed by atoms with Gasteiger partial charge in [-0.05, 0) is 60.2 Å². The number of fused-ring (bicyclic) bond motifs is 6. The molecule has 0 aromatic carbocycles. The molecule has 0 amide bonds. The normalized spacial score (nSPS) is 58.7. The van der Waals surface area contributed by atoms with Crippen LogP contribution in [-0.2, 0) is 9.59 Å². The number of carbonyl (C=O) groups is 2. The molecule has 0 saturated heterocycles. The Balaban J connectivity index is 1.41. The van der Waals surface area contributed by atoms with Crippen LogP contribution in [-0.4, -0.2) is 11.6 Å². The van der Waals surface area contributed by atoms with Gasteiger partial charge in [0, 0.05) is 23.7 Å². The van der Waals surface area contributed by atoms with Crippen LogP contribution in [0.15, 0.2) is 24.3 Å². The Bertz CT molecular complexity index is 610. The lowest BCUT2D eigenvalue weighted by molar-refractivity contribution is -0.148. The monoisotopic (exact) mass is 292 g/mol. The van der Waals surface area contributed by atoms with Gasteiger partial charge in [0.15, 0.2) is 0 Å². The summed E-state index contributed by atoms with van der Waals surface area (Å²) in [7, 11) is 0. The van der Waals surface area contributed by atoms with E-state index >= 15 is 0 Å². The smallest absolute Gasteiger partial charge is 0.141 e. The Kier molecular flexibility index (Phi) is 1.52. The van der Waals surface area contributed by atoms with Gasteiger partial charge < -0.3 is 0 Å². The van der Waals surface area contributed by atoms with Crippen LogP contribution in [0.3, 0.4) is 0 Å². The first-order valence-corrected chi connectivity index (χ1v) is 9.13. The second-order valence-electron chi connectivity index (χ2n) is 9.25. The third-order valence-corrected chi connectivity index (χ3v) is 9.00. The van der Waals surface area contributed by atoms with Gasteiger partial charge in [0.25, 0.3) is 0 Å². The summed E-state index contributed by atoms with van der Waals surface area (Å²) in [5.74, 6) is 2.78. The van der Waals surface area contributed by atoms with Crippen LogP contribution < -0.4 is 0 Å². The van der Waals surface area contributed by atoms with Crippen LogP contribution in [0.4, 0.5) is 0 Å². The number of hydrogen-bond donors (Lipinski definition) is 0. The predicted octanol–water partition coefficient (Wildman–Crippen LogP) is 2.80. The van der Waals surface area contributed by atoms with Crippen molar-refractivity contribution in [2.75, 3.05) is 0 Å². The van der Waals surface area contributed by atoms with Crippen molar-refractivity contribution < 1.29 is 9.59 Å². The molecular weight excluding hydrogens is 272 g/mol. The van der Waals surface area contributed by atoms with Crippen LogP contribution in [0.5, 0.6) is 0 Å². The Morgan fingerprint density at radius 2 is 0.864 bits per heavy atom. The summed E-state index contributed by atoms with van der Waals surface area (Å²) >= 11 is 0. The van der Waals surface area contributed by atoms with Crippen LogP contribution in [0.1, 0.15) is 25.7 Å². The van der Waals surface area contributed by atoms with Crippen molar-refractivity contribution >= 4 is 11.6 Å². The average molecular weight is 292 g/mol. The fraction of sp³-hybridized carbons (Fsp3) is 0.700. The van der Waals surface area contributed by atoms with Crippen molar-refractivity contribution in [1.29, 1.82) is 0 Å². The van der Waals surface area contributed by atoms with Crippen molar-refractivity contribution in [2.45, 2.75) is 25.7 Å². The first kappa shape index (κ1) is 11.4. The van der Waals surface area contributed by atoms with Gasteiger partial charge in [0.05, 0.1) is 0 Å². The van der Waals surface area contributed by atoms with Crippen molar-refractivity contribution in [2.24, 2.45) is 58.2 Å². The maximum atomic E-state index is 13.4. The maximum absolute atomic E-state index is 13.4.